The predicted molar refractivity (Wildman–Crippen MR) is 52.9 cm³/mol. The van der Waals surface area contributed by atoms with Crippen LogP contribution in [-0.4, -0.2) is 11.8 Å². The van der Waals surface area contributed by atoms with Gasteiger partial charge in [0.1, 0.15) is 6.20 Å². The Hall–Kier alpha value is -2.04. The zero-order valence-electron chi connectivity index (χ0n) is 8.23. The van der Waals surface area contributed by atoms with Crippen LogP contribution in [0.25, 0.3) is 10.9 Å². The summed E-state index contributed by atoms with van der Waals surface area (Å²) in [5.41, 5.74) is 0.860. The fraction of sp³-hybridized carbons (Fsp3) is 0.200. The molecule has 1 aliphatic heterocycles. The van der Waals surface area contributed by atoms with Gasteiger partial charge in [-0.15, -0.1) is 4.68 Å². The fourth-order valence-electron chi connectivity index (χ4n) is 1.62. The molecule has 2 N–H and O–H groups in total. The number of fused-ring (bicyclic) bond motifs is 2. The number of aryl methyl sites for hydroxylation is 1. The summed E-state index contributed by atoms with van der Waals surface area (Å²) in [7, 11) is 0. The number of rotatable bonds is 0. The maximum Gasteiger partial charge on any atom is 0.318 e. The maximum absolute atomic E-state index is 5.71. The van der Waals surface area contributed by atoms with Crippen LogP contribution in [0.15, 0.2) is 18.3 Å². The zero-order valence-corrected chi connectivity index (χ0v) is 8.23. The van der Waals surface area contributed by atoms with Crippen molar-refractivity contribution in [1.29, 1.82) is 0 Å². The summed E-state index contributed by atoms with van der Waals surface area (Å²) < 4.78 is 12.0. The molecule has 0 aliphatic carbocycles. The van der Waals surface area contributed by atoms with E-state index in [-0.39, 0.29) is 6.79 Å². The summed E-state index contributed by atoms with van der Waals surface area (Å²) in [6.45, 7) is 2.12. The van der Waals surface area contributed by atoms with Gasteiger partial charge in [-0.1, -0.05) is 0 Å². The van der Waals surface area contributed by atoms with Crippen molar-refractivity contribution in [1.82, 2.24) is 4.98 Å². The topological polar surface area (TPSA) is 61.2 Å². The van der Waals surface area contributed by atoms with Gasteiger partial charge < -0.3 is 9.47 Å². The molecule has 1 aromatic carbocycles. The molecule has 76 valence electrons. The average molecular weight is 204 g/mol. The molecule has 0 unspecified atom stereocenters. The summed E-state index contributed by atoms with van der Waals surface area (Å²) in [5, 5.41) is 0.937. The summed E-state index contributed by atoms with van der Waals surface area (Å²) >= 11 is 0. The molecule has 0 fully saturated rings. The SMILES string of the molecule is Cc1nc2cc3c(cc2c[n+]1N)OCO3. The lowest BCUT2D eigenvalue weighted by atomic mass is 10.2. The molecule has 0 saturated heterocycles. The first-order valence-corrected chi connectivity index (χ1v) is 4.62. The van der Waals surface area contributed by atoms with Gasteiger partial charge in [0.25, 0.3) is 0 Å². The minimum absolute atomic E-state index is 0.271. The highest BCUT2D eigenvalue weighted by Crippen LogP contribution is 2.34. The van der Waals surface area contributed by atoms with Gasteiger partial charge in [0.15, 0.2) is 17.0 Å². The van der Waals surface area contributed by atoms with Crippen molar-refractivity contribution < 1.29 is 14.1 Å². The van der Waals surface area contributed by atoms with Crippen LogP contribution in [-0.2, 0) is 0 Å². The Morgan fingerprint density at radius 3 is 2.87 bits per heavy atom. The van der Waals surface area contributed by atoms with E-state index in [4.69, 9.17) is 15.3 Å². The van der Waals surface area contributed by atoms with Gasteiger partial charge >= 0.3 is 5.82 Å². The lowest BCUT2D eigenvalue weighted by molar-refractivity contribution is -0.647. The van der Waals surface area contributed by atoms with Crippen molar-refractivity contribution in [2.45, 2.75) is 6.92 Å². The van der Waals surface area contributed by atoms with Crippen LogP contribution < -0.4 is 20.0 Å². The van der Waals surface area contributed by atoms with E-state index in [1.165, 1.54) is 4.68 Å². The number of nitrogen functional groups attached to an aromatic ring is 1. The lowest BCUT2D eigenvalue weighted by Gasteiger charge is -1.98. The number of hydrogen-bond donors (Lipinski definition) is 1. The highest BCUT2D eigenvalue weighted by atomic mass is 16.7. The molecular formula is C10H10N3O2+. The highest BCUT2D eigenvalue weighted by molar-refractivity contribution is 5.81. The lowest BCUT2D eigenvalue weighted by Crippen LogP contribution is -2.47. The Kier molecular flexibility index (Phi) is 1.50. The number of benzene rings is 1. The Bertz CT molecular complexity index is 505. The van der Waals surface area contributed by atoms with Crippen LogP contribution in [0.4, 0.5) is 0 Å². The average Bonchev–Trinajstić information content (AvgIpc) is 2.63. The van der Waals surface area contributed by atoms with E-state index in [9.17, 15) is 0 Å². The predicted octanol–water partition coefficient (Wildman–Crippen LogP) is 0.273. The number of hydrogen-bond acceptors (Lipinski definition) is 4. The molecule has 1 aliphatic rings. The Morgan fingerprint density at radius 1 is 1.33 bits per heavy atom. The van der Waals surface area contributed by atoms with E-state index < -0.39 is 0 Å². The van der Waals surface area contributed by atoms with Gasteiger partial charge in [-0.2, -0.15) is 0 Å². The quantitative estimate of drug-likeness (QED) is 0.494. The fourth-order valence-corrected chi connectivity index (χ4v) is 1.62. The molecule has 0 atom stereocenters. The van der Waals surface area contributed by atoms with E-state index in [0.29, 0.717) is 0 Å². The van der Waals surface area contributed by atoms with Crippen LogP contribution in [0.2, 0.25) is 0 Å². The normalized spacial score (nSPS) is 13.4. The monoisotopic (exact) mass is 204 g/mol. The van der Waals surface area contributed by atoms with E-state index in [0.717, 1.165) is 28.2 Å². The van der Waals surface area contributed by atoms with Crippen molar-refractivity contribution in [3.63, 3.8) is 0 Å². The van der Waals surface area contributed by atoms with Crippen molar-refractivity contribution in [3.8, 4) is 11.5 Å². The van der Waals surface area contributed by atoms with Gasteiger partial charge in [0.2, 0.25) is 6.79 Å². The third kappa shape index (κ3) is 1.16. The molecule has 1 aromatic heterocycles. The molecule has 5 nitrogen and oxygen atoms in total. The molecule has 0 amide bonds. The highest BCUT2D eigenvalue weighted by Gasteiger charge is 2.18. The van der Waals surface area contributed by atoms with Crippen molar-refractivity contribution in [2.24, 2.45) is 0 Å². The van der Waals surface area contributed by atoms with Gasteiger partial charge in [0, 0.05) is 13.0 Å². The van der Waals surface area contributed by atoms with Gasteiger partial charge in [0.05, 0.1) is 5.39 Å². The van der Waals surface area contributed by atoms with Gasteiger partial charge in [-0.05, 0) is 11.1 Å². The van der Waals surface area contributed by atoms with Crippen LogP contribution in [0.3, 0.4) is 0 Å². The second-order valence-corrected chi connectivity index (χ2v) is 3.46. The van der Waals surface area contributed by atoms with Crippen LogP contribution in [0.1, 0.15) is 5.82 Å². The molecule has 15 heavy (non-hydrogen) atoms. The molecule has 5 heteroatoms. The van der Waals surface area contributed by atoms with Crippen molar-refractivity contribution in [2.75, 3.05) is 12.6 Å². The Balaban J connectivity index is 2.34. The van der Waals surface area contributed by atoms with E-state index >= 15 is 0 Å². The van der Waals surface area contributed by atoms with E-state index in [1.54, 1.807) is 0 Å². The summed E-state index contributed by atoms with van der Waals surface area (Å²) in [6.07, 6.45) is 1.82. The first-order chi connectivity index (χ1) is 7.24. The first kappa shape index (κ1) is 8.28. The van der Waals surface area contributed by atoms with Crippen molar-refractivity contribution in [3.05, 3.63) is 24.2 Å². The molecule has 0 radical (unpaired) electrons. The summed E-state index contributed by atoms with van der Waals surface area (Å²) in [6, 6.07) is 3.75. The van der Waals surface area contributed by atoms with Gasteiger partial charge in [-0.3, -0.25) is 5.84 Å². The summed E-state index contributed by atoms with van der Waals surface area (Å²) in [4.78, 5) is 4.36. The largest absolute Gasteiger partial charge is 0.454 e. The molecule has 2 aromatic rings. The maximum atomic E-state index is 5.71. The minimum Gasteiger partial charge on any atom is -0.454 e. The second kappa shape index (κ2) is 2.73. The van der Waals surface area contributed by atoms with E-state index in [1.807, 2.05) is 25.3 Å². The van der Waals surface area contributed by atoms with Gasteiger partial charge in [-0.25, -0.2) is 0 Å². The standard InChI is InChI=1S/C10H10N3O2/c1-6-12-8-3-10-9(14-5-15-10)2-7(8)4-13(6)11/h2-4H,5,11H2,1H3/q+1. The van der Waals surface area contributed by atoms with Crippen LogP contribution in [0.5, 0.6) is 11.5 Å². The summed E-state index contributed by atoms with van der Waals surface area (Å²) in [5.74, 6) is 7.95. The van der Waals surface area contributed by atoms with Crippen LogP contribution in [0, 0.1) is 6.92 Å². The number of nitrogens with zero attached hydrogens (tertiary/aromatic N) is 2. The number of aromatic nitrogens is 2. The molecule has 0 saturated carbocycles. The molecule has 3 rings (SSSR count). The zero-order chi connectivity index (χ0) is 10.4. The Morgan fingerprint density at radius 2 is 2.07 bits per heavy atom. The van der Waals surface area contributed by atoms with E-state index in [2.05, 4.69) is 4.98 Å². The number of nitrogens with two attached hydrogens (primary N) is 1. The first-order valence-electron chi connectivity index (χ1n) is 4.62. The second-order valence-electron chi connectivity index (χ2n) is 3.46. The molecule has 2 heterocycles. The molecular weight excluding hydrogens is 194 g/mol. The Labute approximate surface area is 86.0 Å². The number of ether oxygens (including phenoxy) is 2. The minimum atomic E-state index is 0.271. The third-order valence-electron chi connectivity index (χ3n) is 2.46. The third-order valence-corrected chi connectivity index (χ3v) is 2.46. The van der Waals surface area contributed by atoms with Crippen molar-refractivity contribution >= 4 is 10.9 Å². The van der Waals surface area contributed by atoms with Crippen LogP contribution >= 0.6 is 0 Å². The molecule has 0 spiro atoms. The molecule has 0 bridgehead atoms. The smallest absolute Gasteiger partial charge is 0.318 e.